The van der Waals surface area contributed by atoms with Gasteiger partial charge in [-0.25, -0.2) is 0 Å². The van der Waals surface area contributed by atoms with Gasteiger partial charge in [0.15, 0.2) is 0 Å². The highest BCUT2D eigenvalue weighted by Gasteiger charge is 2.42. The van der Waals surface area contributed by atoms with Gasteiger partial charge in [-0.3, -0.25) is 14.8 Å². The van der Waals surface area contributed by atoms with Crippen molar-refractivity contribution < 1.29 is 18.0 Å². The number of amides is 1. The van der Waals surface area contributed by atoms with Gasteiger partial charge in [0.25, 0.3) is 0 Å². The van der Waals surface area contributed by atoms with E-state index in [0.29, 0.717) is 12.0 Å². The average Bonchev–Trinajstić information content (AvgIpc) is 3.32. The van der Waals surface area contributed by atoms with Crippen LogP contribution in [0.15, 0.2) is 36.5 Å². The zero-order chi connectivity index (χ0) is 26.4. The molecule has 9 heteroatoms. The molecule has 5 nitrogen and oxygen atoms in total. The highest BCUT2D eigenvalue weighted by molar-refractivity contribution is 5.85. The Balaban J connectivity index is 0.00000456. The Kier molecular flexibility index (Phi) is 8.68. The number of alkyl halides is 3. The quantitative estimate of drug-likeness (QED) is 0.460. The van der Waals surface area contributed by atoms with Crippen LogP contribution in [0.3, 0.4) is 0 Å². The fraction of sp³-hybridized carbons (Fsp3) is 0.630. The highest BCUT2D eigenvalue weighted by Crippen LogP contribution is 2.41. The molecule has 2 aromatic rings. The van der Waals surface area contributed by atoms with E-state index in [0.717, 1.165) is 24.2 Å². The van der Waals surface area contributed by atoms with Gasteiger partial charge >= 0.3 is 6.18 Å². The van der Waals surface area contributed by atoms with Crippen molar-refractivity contribution in [2.45, 2.75) is 103 Å². The highest BCUT2D eigenvalue weighted by atomic mass is 35.5. The van der Waals surface area contributed by atoms with Crippen molar-refractivity contribution in [3.63, 3.8) is 0 Å². The van der Waals surface area contributed by atoms with E-state index in [1.54, 1.807) is 0 Å². The first-order valence-corrected chi connectivity index (χ1v) is 12.2. The standard InChI is InChI=1S/C27H39F3N4O.ClH/c1-24(2,3)16-26(7,8)32-23(35)21-15-19(20-13-14-34(33-20)25(4,5)6)22(31-21)17-9-11-18(12-10-17)27(28,29)30;/h9-14,19,21-22,31H,15-16H2,1-8H3,(H,32,35);1H/t19?,21-,22-;/m0./s1. The molecule has 1 unspecified atom stereocenters. The molecule has 1 amide bonds. The van der Waals surface area contributed by atoms with Gasteiger partial charge in [0.1, 0.15) is 0 Å². The number of aromatic nitrogens is 2. The van der Waals surface area contributed by atoms with Crippen molar-refractivity contribution in [2.24, 2.45) is 5.41 Å². The molecule has 1 aromatic carbocycles. The molecule has 2 heterocycles. The minimum Gasteiger partial charge on any atom is -0.350 e. The Morgan fingerprint density at radius 1 is 1.03 bits per heavy atom. The third kappa shape index (κ3) is 7.48. The van der Waals surface area contributed by atoms with E-state index in [1.807, 2.05) is 30.8 Å². The third-order valence-electron chi connectivity index (χ3n) is 6.30. The lowest BCUT2D eigenvalue weighted by Crippen LogP contribution is -2.51. The lowest BCUT2D eigenvalue weighted by atomic mass is 9.81. The predicted octanol–water partition coefficient (Wildman–Crippen LogP) is 6.60. The molecule has 3 rings (SSSR count). The zero-order valence-corrected chi connectivity index (χ0v) is 23.3. The molecule has 1 aliphatic heterocycles. The summed E-state index contributed by atoms with van der Waals surface area (Å²) in [5, 5.41) is 11.4. The molecule has 1 aliphatic rings. The average molecular weight is 529 g/mol. The first kappa shape index (κ1) is 30.2. The van der Waals surface area contributed by atoms with E-state index in [9.17, 15) is 18.0 Å². The van der Waals surface area contributed by atoms with Crippen molar-refractivity contribution in [3.8, 4) is 0 Å². The molecule has 202 valence electrons. The summed E-state index contributed by atoms with van der Waals surface area (Å²) < 4.78 is 41.2. The maximum Gasteiger partial charge on any atom is 0.416 e. The van der Waals surface area contributed by atoms with E-state index in [4.69, 9.17) is 5.10 Å². The minimum absolute atomic E-state index is 0. The van der Waals surface area contributed by atoms with Crippen LogP contribution in [0.4, 0.5) is 13.2 Å². The molecular formula is C27H40ClF3N4O. The Labute approximate surface area is 219 Å². The Bertz CT molecular complexity index is 1030. The summed E-state index contributed by atoms with van der Waals surface area (Å²) in [5.41, 5.74) is 0.282. The Morgan fingerprint density at radius 3 is 2.08 bits per heavy atom. The predicted molar refractivity (Wildman–Crippen MR) is 139 cm³/mol. The Morgan fingerprint density at radius 2 is 1.61 bits per heavy atom. The summed E-state index contributed by atoms with van der Waals surface area (Å²) in [6, 6.07) is 6.33. The van der Waals surface area contributed by atoms with E-state index in [-0.39, 0.29) is 41.2 Å². The van der Waals surface area contributed by atoms with E-state index < -0.39 is 23.3 Å². The number of rotatable bonds is 5. The summed E-state index contributed by atoms with van der Waals surface area (Å²) in [6.07, 6.45) is -1.17. The largest absolute Gasteiger partial charge is 0.416 e. The van der Waals surface area contributed by atoms with Crippen LogP contribution in [0.1, 0.15) is 97.0 Å². The number of nitrogens with one attached hydrogen (secondary N) is 2. The van der Waals surface area contributed by atoms with Crippen LogP contribution in [0.2, 0.25) is 0 Å². The molecule has 36 heavy (non-hydrogen) atoms. The molecule has 0 spiro atoms. The number of nitrogens with zero attached hydrogens (tertiary/aromatic N) is 2. The first-order chi connectivity index (χ1) is 15.9. The molecule has 1 fully saturated rings. The van der Waals surface area contributed by atoms with Crippen molar-refractivity contribution >= 4 is 18.3 Å². The lowest BCUT2D eigenvalue weighted by molar-refractivity contribution is -0.137. The number of carbonyl (C=O) groups is 1. The van der Waals surface area contributed by atoms with Gasteiger partial charge in [-0.1, -0.05) is 32.9 Å². The Hall–Kier alpha value is -2.06. The van der Waals surface area contributed by atoms with Crippen LogP contribution >= 0.6 is 12.4 Å². The van der Waals surface area contributed by atoms with E-state index >= 15 is 0 Å². The van der Waals surface area contributed by atoms with Gasteiger partial charge in [-0.2, -0.15) is 18.3 Å². The summed E-state index contributed by atoms with van der Waals surface area (Å²) in [7, 11) is 0. The normalized spacial score (nSPS) is 21.2. The molecule has 2 N–H and O–H groups in total. The van der Waals surface area contributed by atoms with Crippen LogP contribution in [0.5, 0.6) is 0 Å². The van der Waals surface area contributed by atoms with Crippen LogP contribution < -0.4 is 10.6 Å². The van der Waals surface area contributed by atoms with Crippen LogP contribution in [-0.2, 0) is 16.5 Å². The zero-order valence-electron chi connectivity index (χ0n) is 22.5. The van der Waals surface area contributed by atoms with Crippen LogP contribution in [0, 0.1) is 5.41 Å². The van der Waals surface area contributed by atoms with Crippen molar-refractivity contribution in [2.75, 3.05) is 0 Å². The molecule has 1 aromatic heterocycles. The van der Waals surface area contributed by atoms with Crippen molar-refractivity contribution in [3.05, 3.63) is 53.3 Å². The lowest BCUT2D eigenvalue weighted by Gasteiger charge is -2.34. The molecule has 0 saturated carbocycles. The molecule has 0 radical (unpaired) electrons. The number of halogens is 4. The molecule has 0 bridgehead atoms. The second-order valence-corrected chi connectivity index (χ2v) is 12.6. The topological polar surface area (TPSA) is 59.0 Å². The van der Waals surface area contributed by atoms with E-state index in [2.05, 4.69) is 52.2 Å². The maximum absolute atomic E-state index is 13.3. The van der Waals surface area contributed by atoms with Gasteiger partial charge in [-0.15, -0.1) is 12.4 Å². The van der Waals surface area contributed by atoms with E-state index in [1.165, 1.54) is 12.1 Å². The van der Waals surface area contributed by atoms with Crippen molar-refractivity contribution in [1.82, 2.24) is 20.4 Å². The number of hydrogen-bond acceptors (Lipinski definition) is 3. The summed E-state index contributed by atoms with van der Waals surface area (Å²) in [5.74, 6) is -0.259. The molecule has 0 aliphatic carbocycles. The number of carbonyl (C=O) groups excluding carboxylic acids is 1. The maximum atomic E-state index is 13.3. The smallest absolute Gasteiger partial charge is 0.350 e. The SMILES string of the molecule is CC(C)(C)CC(C)(C)NC(=O)[C@@H]1CC(c2ccn(C(C)(C)C)n2)[C@H](c2ccc(C(F)(F)F)cc2)N1.Cl. The summed E-state index contributed by atoms with van der Waals surface area (Å²) >= 11 is 0. The van der Waals surface area contributed by atoms with Crippen molar-refractivity contribution in [1.29, 1.82) is 0 Å². The molecule has 3 atom stereocenters. The van der Waals surface area contributed by atoms with Gasteiger partial charge in [0.2, 0.25) is 5.91 Å². The first-order valence-electron chi connectivity index (χ1n) is 12.2. The van der Waals surface area contributed by atoms with Crippen LogP contribution in [0.25, 0.3) is 0 Å². The van der Waals surface area contributed by atoms with Crippen LogP contribution in [-0.4, -0.2) is 27.3 Å². The summed E-state index contributed by atoms with van der Waals surface area (Å²) in [4.78, 5) is 13.3. The molecular weight excluding hydrogens is 489 g/mol. The van der Waals surface area contributed by atoms with Gasteiger partial charge < -0.3 is 5.32 Å². The third-order valence-corrected chi connectivity index (χ3v) is 6.30. The number of hydrogen-bond donors (Lipinski definition) is 2. The number of benzene rings is 1. The minimum atomic E-state index is -4.40. The summed E-state index contributed by atoms with van der Waals surface area (Å²) in [6.45, 7) is 16.6. The second-order valence-electron chi connectivity index (χ2n) is 12.6. The monoisotopic (exact) mass is 528 g/mol. The fourth-order valence-corrected chi connectivity index (χ4v) is 5.17. The second kappa shape index (κ2) is 10.4. The van der Waals surface area contributed by atoms with Gasteiger partial charge in [-0.05, 0) is 76.6 Å². The fourth-order valence-electron chi connectivity index (χ4n) is 5.17. The van der Waals surface area contributed by atoms with Gasteiger partial charge in [0, 0.05) is 23.7 Å². The molecule has 1 saturated heterocycles. The van der Waals surface area contributed by atoms with Gasteiger partial charge in [0.05, 0.1) is 22.8 Å².